The van der Waals surface area contributed by atoms with Gasteiger partial charge in [0.2, 0.25) is 5.91 Å². The Morgan fingerprint density at radius 3 is 2.81 bits per heavy atom. The van der Waals surface area contributed by atoms with Crippen LogP contribution in [0.2, 0.25) is 0 Å². The molecule has 3 rings (SSSR count). The highest BCUT2D eigenvalue weighted by Gasteiger charge is 2.21. The number of aromatic amines is 1. The van der Waals surface area contributed by atoms with Crippen LogP contribution in [0.15, 0.2) is 12.1 Å². The Kier molecular flexibility index (Phi) is 5.99. The second kappa shape index (κ2) is 8.23. The van der Waals surface area contributed by atoms with Crippen LogP contribution in [-0.2, 0) is 11.2 Å². The molecule has 0 spiro atoms. The number of H-pyrrole nitrogens is 1. The standard InChI is InChI=1S/C21H31N3O2/c1-14-7-8-15(2)21-20(14)18(16(3)23-21)12-19(26)22-9-11-24-10-5-4-6-17(24)13-25/h7-8,17,23,25H,4-6,9-13H2,1-3H3,(H,22,26). The monoisotopic (exact) mass is 357 g/mol. The van der Waals surface area contributed by atoms with Crippen molar-refractivity contribution in [3.63, 3.8) is 0 Å². The molecule has 1 saturated heterocycles. The highest BCUT2D eigenvalue weighted by molar-refractivity contribution is 5.93. The van der Waals surface area contributed by atoms with E-state index in [9.17, 15) is 9.90 Å². The summed E-state index contributed by atoms with van der Waals surface area (Å²) >= 11 is 0. The van der Waals surface area contributed by atoms with Gasteiger partial charge < -0.3 is 15.4 Å². The van der Waals surface area contributed by atoms with E-state index < -0.39 is 0 Å². The molecular weight excluding hydrogens is 326 g/mol. The molecule has 1 atom stereocenters. The molecule has 1 amide bonds. The van der Waals surface area contributed by atoms with E-state index in [1.165, 1.54) is 29.4 Å². The SMILES string of the molecule is Cc1[nH]c2c(C)ccc(C)c2c1CC(=O)NCCN1CCCCC1CO. The van der Waals surface area contributed by atoms with Crippen molar-refractivity contribution in [3.8, 4) is 0 Å². The number of hydrogen-bond acceptors (Lipinski definition) is 3. The number of amides is 1. The Bertz CT molecular complexity index is 781. The maximum Gasteiger partial charge on any atom is 0.224 e. The Morgan fingerprint density at radius 1 is 1.27 bits per heavy atom. The summed E-state index contributed by atoms with van der Waals surface area (Å²) in [7, 11) is 0. The van der Waals surface area contributed by atoms with Gasteiger partial charge in [0.15, 0.2) is 0 Å². The summed E-state index contributed by atoms with van der Waals surface area (Å²) in [6.07, 6.45) is 3.82. The molecule has 1 aromatic carbocycles. The number of benzene rings is 1. The smallest absolute Gasteiger partial charge is 0.224 e. The van der Waals surface area contributed by atoms with E-state index in [1.807, 2.05) is 6.92 Å². The van der Waals surface area contributed by atoms with Crippen LogP contribution in [0.25, 0.3) is 10.9 Å². The van der Waals surface area contributed by atoms with Crippen molar-refractivity contribution < 1.29 is 9.90 Å². The first kappa shape index (κ1) is 18.9. The van der Waals surface area contributed by atoms with Gasteiger partial charge in [0.05, 0.1) is 13.0 Å². The van der Waals surface area contributed by atoms with Gasteiger partial charge in [-0.1, -0.05) is 18.6 Å². The Morgan fingerprint density at radius 2 is 2.04 bits per heavy atom. The molecule has 0 bridgehead atoms. The molecule has 2 aromatic rings. The van der Waals surface area contributed by atoms with E-state index >= 15 is 0 Å². The summed E-state index contributed by atoms with van der Waals surface area (Å²) in [5.74, 6) is 0.0625. The number of carbonyl (C=O) groups excluding carboxylic acids is 1. The van der Waals surface area contributed by atoms with Crippen LogP contribution in [0.5, 0.6) is 0 Å². The zero-order chi connectivity index (χ0) is 18.7. The van der Waals surface area contributed by atoms with Crippen LogP contribution >= 0.6 is 0 Å². The Labute approximate surface area is 155 Å². The lowest BCUT2D eigenvalue weighted by Crippen LogP contribution is -2.45. The molecule has 2 heterocycles. The lowest BCUT2D eigenvalue weighted by molar-refractivity contribution is -0.120. The molecule has 26 heavy (non-hydrogen) atoms. The van der Waals surface area contributed by atoms with Crippen LogP contribution < -0.4 is 5.32 Å². The number of hydrogen-bond donors (Lipinski definition) is 3. The van der Waals surface area contributed by atoms with Crippen LogP contribution in [0.3, 0.4) is 0 Å². The lowest BCUT2D eigenvalue weighted by Gasteiger charge is -2.34. The number of aliphatic hydroxyl groups excluding tert-OH is 1. The largest absolute Gasteiger partial charge is 0.395 e. The highest BCUT2D eigenvalue weighted by atomic mass is 16.3. The van der Waals surface area contributed by atoms with Gasteiger partial charge in [-0.05, 0) is 56.8 Å². The topological polar surface area (TPSA) is 68.4 Å². The van der Waals surface area contributed by atoms with Crippen LogP contribution in [0, 0.1) is 20.8 Å². The van der Waals surface area contributed by atoms with E-state index in [1.54, 1.807) is 0 Å². The van der Waals surface area contributed by atoms with Gasteiger partial charge in [-0.25, -0.2) is 0 Å². The normalized spacial score (nSPS) is 18.4. The number of rotatable bonds is 6. The first-order valence-corrected chi connectivity index (χ1v) is 9.70. The molecular formula is C21H31N3O2. The summed E-state index contributed by atoms with van der Waals surface area (Å²) in [6.45, 7) is 8.90. The number of aryl methyl sites for hydroxylation is 3. The number of piperidine rings is 1. The van der Waals surface area contributed by atoms with Crippen LogP contribution in [0.1, 0.15) is 41.6 Å². The first-order chi connectivity index (χ1) is 12.5. The fourth-order valence-electron chi connectivity index (χ4n) is 4.16. The summed E-state index contributed by atoms with van der Waals surface area (Å²) in [5.41, 5.74) is 5.73. The Balaban J connectivity index is 1.61. The molecule has 3 N–H and O–H groups in total. The first-order valence-electron chi connectivity index (χ1n) is 9.70. The molecule has 0 saturated carbocycles. The molecule has 142 valence electrons. The van der Waals surface area contributed by atoms with Crippen LogP contribution in [-0.4, -0.2) is 53.2 Å². The number of likely N-dealkylation sites (tertiary alicyclic amines) is 1. The highest BCUT2D eigenvalue weighted by Crippen LogP contribution is 2.28. The van der Waals surface area contributed by atoms with Crippen molar-refractivity contribution >= 4 is 16.8 Å². The number of nitrogens with one attached hydrogen (secondary N) is 2. The predicted molar refractivity (Wildman–Crippen MR) is 106 cm³/mol. The zero-order valence-corrected chi connectivity index (χ0v) is 16.2. The maximum absolute atomic E-state index is 12.5. The number of aromatic nitrogens is 1. The number of fused-ring (bicyclic) bond motifs is 1. The fourth-order valence-corrected chi connectivity index (χ4v) is 4.16. The summed E-state index contributed by atoms with van der Waals surface area (Å²) in [4.78, 5) is 18.2. The van der Waals surface area contributed by atoms with Gasteiger partial charge in [-0.15, -0.1) is 0 Å². The van der Waals surface area contributed by atoms with Crippen molar-refractivity contribution in [2.24, 2.45) is 0 Å². The van der Waals surface area contributed by atoms with Crippen molar-refractivity contribution in [1.82, 2.24) is 15.2 Å². The van der Waals surface area contributed by atoms with E-state index in [2.05, 4.69) is 41.2 Å². The van der Waals surface area contributed by atoms with Gasteiger partial charge >= 0.3 is 0 Å². The predicted octanol–water partition coefficient (Wildman–Crippen LogP) is 2.60. The third-order valence-electron chi connectivity index (χ3n) is 5.71. The van der Waals surface area contributed by atoms with Gasteiger partial charge in [-0.2, -0.15) is 0 Å². The fraction of sp³-hybridized carbons (Fsp3) is 0.571. The lowest BCUT2D eigenvalue weighted by atomic mass is 10.0. The van der Waals surface area contributed by atoms with Crippen molar-refractivity contribution in [2.45, 2.75) is 52.5 Å². The number of nitrogens with zero attached hydrogens (tertiary/aromatic N) is 1. The third-order valence-corrected chi connectivity index (χ3v) is 5.71. The minimum absolute atomic E-state index is 0.0625. The van der Waals surface area contributed by atoms with Crippen molar-refractivity contribution in [2.75, 3.05) is 26.2 Å². The number of aliphatic hydroxyl groups is 1. The van der Waals surface area contributed by atoms with Gasteiger partial charge in [0.1, 0.15) is 0 Å². The van der Waals surface area contributed by atoms with Gasteiger partial charge in [-0.3, -0.25) is 9.69 Å². The second-order valence-electron chi connectivity index (χ2n) is 7.57. The molecule has 1 aliphatic rings. The van der Waals surface area contributed by atoms with Crippen LogP contribution in [0.4, 0.5) is 0 Å². The maximum atomic E-state index is 12.5. The summed E-state index contributed by atoms with van der Waals surface area (Å²) < 4.78 is 0. The van der Waals surface area contributed by atoms with Gasteiger partial charge in [0.25, 0.3) is 0 Å². The molecule has 5 nitrogen and oxygen atoms in total. The molecule has 5 heteroatoms. The average molecular weight is 357 g/mol. The summed E-state index contributed by atoms with van der Waals surface area (Å²) in [5, 5.41) is 13.7. The van der Waals surface area contributed by atoms with E-state index in [4.69, 9.17) is 0 Å². The Hall–Kier alpha value is -1.85. The van der Waals surface area contributed by atoms with Crippen molar-refractivity contribution in [3.05, 3.63) is 34.5 Å². The molecule has 0 aliphatic carbocycles. The molecule has 1 aliphatic heterocycles. The summed E-state index contributed by atoms with van der Waals surface area (Å²) in [6, 6.07) is 4.49. The number of carbonyl (C=O) groups is 1. The molecule has 1 aromatic heterocycles. The van der Waals surface area contributed by atoms with E-state index in [0.29, 0.717) is 13.0 Å². The second-order valence-corrected chi connectivity index (χ2v) is 7.57. The van der Waals surface area contributed by atoms with Gasteiger partial charge in [0, 0.05) is 35.7 Å². The average Bonchev–Trinajstić information content (AvgIpc) is 2.96. The van der Waals surface area contributed by atoms with E-state index in [-0.39, 0.29) is 18.6 Å². The van der Waals surface area contributed by atoms with Crippen molar-refractivity contribution in [1.29, 1.82) is 0 Å². The quantitative estimate of drug-likeness (QED) is 0.744. The minimum atomic E-state index is 0.0625. The molecule has 0 radical (unpaired) electrons. The minimum Gasteiger partial charge on any atom is -0.395 e. The third kappa shape index (κ3) is 3.94. The van der Waals surface area contributed by atoms with E-state index in [0.717, 1.165) is 36.3 Å². The molecule has 1 unspecified atom stereocenters. The zero-order valence-electron chi connectivity index (χ0n) is 16.2. The molecule has 1 fully saturated rings.